The van der Waals surface area contributed by atoms with Gasteiger partial charge in [-0.2, -0.15) is 4.98 Å². The summed E-state index contributed by atoms with van der Waals surface area (Å²) < 4.78 is 0. The molecular formula is C30H35N9O. The molecule has 0 unspecified atom stereocenters. The summed E-state index contributed by atoms with van der Waals surface area (Å²) in [6, 6.07) is 16.8. The molecule has 2 aliphatic heterocycles. The molecule has 10 heteroatoms. The highest BCUT2D eigenvalue weighted by Crippen LogP contribution is 2.25. The molecule has 6 rings (SSSR count). The first-order valence-electron chi connectivity index (χ1n) is 13.9. The molecule has 1 saturated heterocycles. The second-order valence-electron chi connectivity index (χ2n) is 10.6. The summed E-state index contributed by atoms with van der Waals surface area (Å²) in [7, 11) is 0. The smallest absolute Gasteiger partial charge is 0.231 e. The summed E-state index contributed by atoms with van der Waals surface area (Å²) in [6.07, 6.45) is 6.92. The first-order valence-corrected chi connectivity index (χ1v) is 13.9. The van der Waals surface area contributed by atoms with Crippen molar-refractivity contribution in [2.45, 2.75) is 32.4 Å². The van der Waals surface area contributed by atoms with Gasteiger partial charge in [0, 0.05) is 70.3 Å². The maximum absolute atomic E-state index is 9.77. The third-order valence-electron chi connectivity index (χ3n) is 7.42. The van der Waals surface area contributed by atoms with Gasteiger partial charge in [0.1, 0.15) is 6.33 Å². The van der Waals surface area contributed by atoms with E-state index in [2.05, 4.69) is 82.4 Å². The van der Waals surface area contributed by atoms with Crippen LogP contribution in [0.5, 0.6) is 0 Å². The summed E-state index contributed by atoms with van der Waals surface area (Å²) in [5.74, 6) is 1.95. The summed E-state index contributed by atoms with van der Waals surface area (Å²) in [4.78, 5) is 29.5. The minimum atomic E-state index is -0.327. The summed E-state index contributed by atoms with van der Waals surface area (Å²) >= 11 is 0. The summed E-state index contributed by atoms with van der Waals surface area (Å²) in [5, 5.41) is 13.1. The number of nitrogens with zero attached hydrogens (tertiary/aromatic N) is 8. The molecule has 2 aliphatic rings. The number of hydrogen-bond acceptors (Lipinski definition) is 10. The largest absolute Gasteiger partial charge is 0.392 e. The van der Waals surface area contributed by atoms with Gasteiger partial charge in [-0.15, -0.1) is 0 Å². The van der Waals surface area contributed by atoms with E-state index in [-0.39, 0.29) is 6.10 Å². The van der Waals surface area contributed by atoms with E-state index in [9.17, 15) is 5.11 Å². The third-order valence-corrected chi connectivity index (χ3v) is 7.42. The average Bonchev–Trinajstić information content (AvgIpc) is 2.98. The first kappa shape index (κ1) is 26.1. The van der Waals surface area contributed by atoms with Crippen molar-refractivity contribution in [3.63, 3.8) is 0 Å². The molecule has 4 heterocycles. The van der Waals surface area contributed by atoms with Crippen LogP contribution in [0.1, 0.15) is 29.2 Å². The lowest BCUT2D eigenvalue weighted by Gasteiger charge is -2.34. The van der Waals surface area contributed by atoms with Crippen LogP contribution in [0.2, 0.25) is 0 Å². The number of aliphatic hydroxyl groups is 1. The highest BCUT2D eigenvalue weighted by Gasteiger charge is 2.22. The number of anilines is 4. The van der Waals surface area contributed by atoms with Crippen molar-refractivity contribution in [1.82, 2.24) is 29.8 Å². The molecule has 1 atom stereocenters. The molecule has 0 saturated carbocycles. The van der Waals surface area contributed by atoms with E-state index in [0.717, 1.165) is 69.3 Å². The molecule has 0 radical (unpaired) electrons. The average molecular weight is 538 g/mol. The van der Waals surface area contributed by atoms with Gasteiger partial charge in [-0.1, -0.05) is 36.4 Å². The third kappa shape index (κ3) is 6.35. The van der Waals surface area contributed by atoms with Crippen LogP contribution < -0.4 is 15.1 Å². The van der Waals surface area contributed by atoms with Gasteiger partial charge in [-0.25, -0.2) is 19.9 Å². The predicted octanol–water partition coefficient (Wildman–Crippen LogP) is 3.06. The van der Waals surface area contributed by atoms with Gasteiger partial charge in [0.15, 0.2) is 0 Å². The number of aromatic nitrogens is 5. The van der Waals surface area contributed by atoms with Crippen molar-refractivity contribution in [1.29, 1.82) is 0 Å². The highest BCUT2D eigenvalue weighted by atomic mass is 16.3. The monoisotopic (exact) mass is 537 g/mol. The molecule has 2 aromatic heterocycles. The van der Waals surface area contributed by atoms with E-state index < -0.39 is 0 Å². The highest BCUT2D eigenvalue weighted by molar-refractivity contribution is 5.57. The fourth-order valence-corrected chi connectivity index (χ4v) is 5.39. The molecule has 2 aromatic carbocycles. The molecule has 206 valence electrons. The maximum Gasteiger partial charge on any atom is 0.231 e. The zero-order valence-corrected chi connectivity index (χ0v) is 22.8. The van der Waals surface area contributed by atoms with Crippen molar-refractivity contribution < 1.29 is 5.11 Å². The lowest BCUT2D eigenvalue weighted by Crippen LogP contribution is -2.47. The second-order valence-corrected chi connectivity index (χ2v) is 10.6. The molecule has 0 amide bonds. The Balaban J connectivity index is 1.05. The van der Waals surface area contributed by atoms with E-state index in [1.165, 1.54) is 16.7 Å². The van der Waals surface area contributed by atoms with E-state index in [1.807, 2.05) is 25.4 Å². The van der Waals surface area contributed by atoms with Crippen molar-refractivity contribution in [2.24, 2.45) is 0 Å². The van der Waals surface area contributed by atoms with Gasteiger partial charge in [-0.05, 0) is 47.7 Å². The fraction of sp³-hybridized carbons (Fsp3) is 0.367. The standard InChI is InChI=1S/C30H35N9O/c1-22(40)19-37-10-9-25-7-8-27(16-26(25)20-37)35-28-33-21-34-30(36-28)39-13-11-38(12-14-39)29-31-17-24(18-32-29)15-23-5-3-2-4-6-23/h2-8,16-18,21-22,40H,9-15,19-20H2,1H3,(H,33,34,35,36)/t22-/m1/s1. The molecule has 2 N–H and O–H groups in total. The van der Waals surface area contributed by atoms with Gasteiger partial charge < -0.3 is 20.2 Å². The lowest BCUT2D eigenvalue weighted by atomic mass is 9.99. The molecule has 40 heavy (non-hydrogen) atoms. The summed E-state index contributed by atoms with van der Waals surface area (Å²) in [5.41, 5.74) is 5.95. The second kappa shape index (κ2) is 11.9. The Hall–Kier alpha value is -4.15. The van der Waals surface area contributed by atoms with Crippen LogP contribution in [0, 0.1) is 0 Å². The topological polar surface area (TPSA) is 106 Å². The Kier molecular flexibility index (Phi) is 7.78. The van der Waals surface area contributed by atoms with Crippen LogP contribution in [-0.2, 0) is 19.4 Å². The number of aliphatic hydroxyl groups excluding tert-OH is 1. The predicted molar refractivity (Wildman–Crippen MR) is 156 cm³/mol. The Bertz CT molecular complexity index is 1410. The number of fused-ring (bicyclic) bond motifs is 1. The number of hydrogen-bond donors (Lipinski definition) is 2. The SMILES string of the molecule is C[C@@H](O)CN1CCc2ccc(Nc3ncnc(N4CCN(c5ncc(Cc6ccccc6)cn5)CC4)n3)cc2C1. The van der Waals surface area contributed by atoms with E-state index in [0.29, 0.717) is 18.4 Å². The van der Waals surface area contributed by atoms with Gasteiger partial charge in [0.05, 0.1) is 6.10 Å². The van der Waals surface area contributed by atoms with Crippen molar-refractivity contribution in [3.05, 3.63) is 89.5 Å². The Morgan fingerprint density at radius 2 is 1.57 bits per heavy atom. The Morgan fingerprint density at radius 1 is 0.825 bits per heavy atom. The first-order chi connectivity index (χ1) is 19.6. The molecule has 0 aliphatic carbocycles. The molecule has 4 aromatic rings. The van der Waals surface area contributed by atoms with Gasteiger partial charge >= 0.3 is 0 Å². The Labute approximate surface area is 234 Å². The zero-order valence-electron chi connectivity index (χ0n) is 22.8. The van der Waals surface area contributed by atoms with Gasteiger partial charge in [0.25, 0.3) is 0 Å². The lowest BCUT2D eigenvalue weighted by molar-refractivity contribution is 0.119. The van der Waals surface area contributed by atoms with Crippen LogP contribution >= 0.6 is 0 Å². The number of piperazine rings is 1. The van der Waals surface area contributed by atoms with Crippen molar-refractivity contribution >= 4 is 23.5 Å². The van der Waals surface area contributed by atoms with Crippen molar-refractivity contribution in [2.75, 3.05) is 54.4 Å². The summed E-state index contributed by atoms with van der Waals surface area (Å²) in [6.45, 7) is 7.47. The van der Waals surface area contributed by atoms with Crippen LogP contribution in [0.4, 0.5) is 23.5 Å². The normalized spacial score (nSPS) is 16.4. The minimum Gasteiger partial charge on any atom is -0.392 e. The van der Waals surface area contributed by atoms with E-state index in [1.54, 1.807) is 6.33 Å². The van der Waals surface area contributed by atoms with Gasteiger partial charge in [0.2, 0.25) is 17.8 Å². The maximum atomic E-state index is 9.77. The molecule has 1 fully saturated rings. The van der Waals surface area contributed by atoms with Crippen molar-refractivity contribution in [3.8, 4) is 0 Å². The fourth-order valence-electron chi connectivity index (χ4n) is 5.39. The minimum absolute atomic E-state index is 0.327. The molecule has 0 spiro atoms. The van der Waals surface area contributed by atoms with E-state index in [4.69, 9.17) is 4.98 Å². The number of nitrogens with one attached hydrogen (secondary N) is 1. The number of rotatable bonds is 8. The molecular weight excluding hydrogens is 502 g/mol. The molecule has 0 bridgehead atoms. The Morgan fingerprint density at radius 3 is 2.33 bits per heavy atom. The quantitative estimate of drug-likeness (QED) is 0.348. The number of β-amino-alcohol motifs (C(OH)–C–C–N with tert-alkyl or cyclic N) is 1. The van der Waals surface area contributed by atoms with Gasteiger partial charge in [-0.3, -0.25) is 4.90 Å². The van der Waals surface area contributed by atoms with Crippen LogP contribution in [0.3, 0.4) is 0 Å². The van der Waals surface area contributed by atoms with Crippen LogP contribution in [-0.4, -0.2) is 80.3 Å². The zero-order chi connectivity index (χ0) is 27.3. The number of benzene rings is 2. The van der Waals surface area contributed by atoms with E-state index >= 15 is 0 Å². The molecule has 10 nitrogen and oxygen atoms in total. The van der Waals surface area contributed by atoms with Crippen LogP contribution in [0.25, 0.3) is 0 Å². The van der Waals surface area contributed by atoms with Crippen LogP contribution in [0.15, 0.2) is 67.3 Å².